The summed E-state index contributed by atoms with van der Waals surface area (Å²) in [6.45, 7) is 0. The van der Waals surface area contributed by atoms with Crippen molar-refractivity contribution in [3.05, 3.63) is 46.5 Å². The molecule has 2 rings (SSSR count). The van der Waals surface area contributed by atoms with Crippen LogP contribution in [0.25, 0.3) is 0 Å². The Kier molecular flexibility index (Phi) is 1.82. The molecule has 0 N–H and O–H groups in total. The van der Waals surface area contributed by atoms with E-state index < -0.39 is 0 Å². The highest BCUT2D eigenvalue weighted by Gasteiger charge is 2.13. The average molecular weight is 209 g/mol. The molecule has 0 amide bonds. The van der Waals surface area contributed by atoms with Crippen molar-refractivity contribution in [2.45, 2.75) is 6.42 Å². The zero-order chi connectivity index (χ0) is 7.68. The van der Waals surface area contributed by atoms with Crippen molar-refractivity contribution in [3.63, 3.8) is 0 Å². The van der Waals surface area contributed by atoms with Crippen LogP contribution in [0.4, 0.5) is 0 Å². The molecular weight excluding hydrogens is 200 g/mol. The maximum Gasteiger partial charge on any atom is 0.0175 e. The molecule has 0 saturated carbocycles. The van der Waals surface area contributed by atoms with Crippen LogP contribution in [0, 0.1) is 5.92 Å². The molecule has 0 aromatic heterocycles. The van der Waals surface area contributed by atoms with Gasteiger partial charge >= 0.3 is 0 Å². The third kappa shape index (κ3) is 1.38. The Bertz CT molecular complexity index is 279. The molecule has 0 aliphatic heterocycles. The lowest BCUT2D eigenvalue weighted by Crippen LogP contribution is -2.03. The number of hydrogen-bond donors (Lipinski definition) is 0. The lowest BCUT2D eigenvalue weighted by molar-refractivity contribution is 0.779. The molecule has 2 aliphatic rings. The molecule has 0 aromatic rings. The lowest BCUT2D eigenvalue weighted by Gasteiger charge is -2.18. The summed E-state index contributed by atoms with van der Waals surface area (Å²) in [5, 5.41) is 0. The predicted octanol–water partition coefficient (Wildman–Crippen LogP) is 3.34. The first-order chi connectivity index (χ1) is 5.36. The Balaban J connectivity index is 2.35. The Morgan fingerprint density at radius 3 is 3.27 bits per heavy atom. The van der Waals surface area contributed by atoms with E-state index in [1.165, 1.54) is 10.1 Å². The second-order valence-corrected chi connectivity index (χ2v) is 3.74. The lowest BCUT2D eigenvalue weighted by atomic mass is 9.88. The molecule has 11 heavy (non-hydrogen) atoms. The summed E-state index contributed by atoms with van der Waals surface area (Å²) in [6, 6.07) is 0. The first-order valence-electron chi connectivity index (χ1n) is 3.78. The monoisotopic (exact) mass is 208 g/mol. The van der Waals surface area contributed by atoms with Crippen molar-refractivity contribution in [2.24, 2.45) is 5.92 Å². The molecular formula is C10H9Br. The number of allylic oxidation sites excluding steroid dienone is 8. The highest BCUT2D eigenvalue weighted by molar-refractivity contribution is 9.11. The normalized spacial score (nSPS) is 27.5. The van der Waals surface area contributed by atoms with Gasteiger partial charge in [-0.1, -0.05) is 46.3 Å². The number of fused-ring (bicyclic) bond motifs is 1. The first kappa shape index (κ1) is 7.11. The fourth-order valence-electron chi connectivity index (χ4n) is 1.42. The van der Waals surface area contributed by atoms with Crippen molar-refractivity contribution in [1.29, 1.82) is 0 Å². The van der Waals surface area contributed by atoms with E-state index in [4.69, 9.17) is 0 Å². The van der Waals surface area contributed by atoms with Gasteiger partial charge < -0.3 is 0 Å². The highest BCUT2D eigenvalue weighted by Crippen LogP contribution is 2.29. The van der Waals surface area contributed by atoms with Crippen molar-refractivity contribution in [1.82, 2.24) is 0 Å². The number of rotatable bonds is 0. The maximum atomic E-state index is 3.46. The van der Waals surface area contributed by atoms with Gasteiger partial charge in [0, 0.05) is 10.4 Å². The fraction of sp³-hybridized carbons (Fsp3) is 0.200. The molecule has 0 radical (unpaired) electrons. The Morgan fingerprint density at radius 1 is 1.45 bits per heavy atom. The summed E-state index contributed by atoms with van der Waals surface area (Å²) >= 11 is 3.46. The van der Waals surface area contributed by atoms with E-state index in [9.17, 15) is 0 Å². The molecule has 0 spiro atoms. The minimum atomic E-state index is 0.626. The molecule has 0 heterocycles. The van der Waals surface area contributed by atoms with Crippen molar-refractivity contribution in [3.8, 4) is 0 Å². The van der Waals surface area contributed by atoms with Crippen LogP contribution in [-0.4, -0.2) is 0 Å². The Morgan fingerprint density at radius 2 is 2.36 bits per heavy atom. The van der Waals surface area contributed by atoms with Crippen LogP contribution in [0.5, 0.6) is 0 Å². The fourth-order valence-corrected chi connectivity index (χ4v) is 1.84. The third-order valence-corrected chi connectivity index (χ3v) is 2.53. The van der Waals surface area contributed by atoms with E-state index in [2.05, 4.69) is 52.4 Å². The van der Waals surface area contributed by atoms with Gasteiger partial charge in [0.05, 0.1) is 0 Å². The Labute approximate surface area is 75.1 Å². The van der Waals surface area contributed by atoms with E-state index in [-0.39, 0.29) is 0 Å². The molecule has 0 fully saturated rings. The van der Waals surface area contributed by atoms with E-state index in [0.29, 0.717) is 5.92 Å². The topological polar surface area (TPSA) is 0 Å². The van der Waals surface area contributed by atoms with Gasteiger partial charge in [0.25, 0.3) is 0 Å². The van der Waals surface area contributed by atoms with Crippen molar-refractivity contribution < 1.29 is 0 Å². The molecule has 0 saturated heterocycles. The zero-order valence-electron chi connectivity index (χ0n) is 6.13. The van der Waals surface area contributed by atoms with Gasteiger partial charge in [-0.25, -0.2) is 0 Å². The van der Waals surface area contributed by atoms with E-state index >= 15 is 0 Å². The van der Waals surface area contributed by atoms with Crippen molar-refractivity contribution in [2.75, 3.05) is 0 Å². The second-order valence-electron chi connectivity index (χ2n) is 2.83. The second kappa shape index (κ2) is 2.82. The third-order valence-electron chi connectivity index (χ3n) is 2.04. The van der Waals surface area contributed by atoms with Gasteiger partial charge in [0.1, 0.15) is 0 Å². The van der Waals surface area contributed by atoms with Crippen LogP contribution >= 0.6 is 15.9 Å². The van der Waals surface area contributed by atoms with Crippen LogP contribution < -0.4 is 0 Å². The minimum Gasteiger partial charge on any atom is -0.0836 e. The largest absolute Gasteiger partial charge is 0.0836 e. The van der Waals surface area contributed by atoms with Crippen LogP contribution in [0.2, 0.25) is 0 Å². The summed E-state index contributed by atoms with van der Waals surface area (Å²) in [4.78, 5) is 0. The molecule has 0 nitrogen and oxygen atoms in total. The van der Waals surface area contributed by atoms with Crippen LogP contribution in [0.1, 0.15) is 6.42 Å². The summed E-state index contributed by atoms with van der Waals surface area (Å²) < 4.78 is 1.18. The highest BCUT2D eigenvalue weighted by atomic mass is 79.9. The summed E-state index contributed by atoms with van der Waals surface area (Å²) in [7, 11) is 0. The first-order valence-corrected chi connectivity index (χ1v) is 4.58. The molecule has 0 aromatic carbocycles. The van der Waals surface area contributed by atoms with Gasteiger partial charge in [-0.15, -0.1) is 0 Å². The molecule has 0 bridgehead atoms. The Hall–Kier alpha value is -0.560. The van der Waals surface area contributed by atoms with Crippen LogP contribution in [-0.2, 0) is 0 Å². The number of hydrogen-bond acceptors (Lipinski definition) is 0. The molecule has 1 atom stereocenters. The van der Waals surface area contributed by atoms with E-state index in [1.54, 1.807) is 0 Å². The van der Waals surface area contributed by atoms with Gasteiger partial charge in [0.15, 0.2) is 0 Å². The molecule has 1 heteroatoms. The minimum absolute atomic E-state index is 0.626. The maximum absolute atomic E-state index is 3.46. The summed E-state index contributed by atoms with van der Waals surface area (Å²) in [5.74, 6) is 0.626. The van der Waals surface area contributed by atoms with E-state index in [1.807, 2.05) is 0 Å². The summed E-state index contributed by atoms with van der Waals surface area (Å²) in [6.07, 6.45) is 14.2. The van der Waals surface area contributed by atoms with Gasteiger partial charge in [-0.3, -0.25) is 0 Å². The SMILES string of the molecule is BrC1=CC2=CC=CCC2C=C1. The smallest absolute Gasteiger partial charge is 0.0175 e. The average Bonchev–Trinajstić information content (AvgIpc) is 2.04. The number of halogens is 1. The van der Waals surface area contributed by atoms with Crippen LogP contribution in [0.3, 0.4) is 0 Å². The van der Waals surface area contributed by atoms with E-state index in [0.717, 1.165) is 6.42 Å². The quantitative estimate of drug-likeness (QED) is 0.573. The predicted molar refractivity (Wildman–Crippen MR) is 51.5 cm³/mol. The van der Waals surface area contributed by atoms with Gasteiger partial charge in [-0.2, -0.15) is 0 Å². The molecule has 56 valence electrons. The molecule has 1 unspecified atom stereocenters. The van der Waals surface area contributed by atoms with Crippen molar-refractivity contribution >= 4 is 15.9 Å². The standard InChI is InChI=1S/C10H9Br/c11-10-6-5-8-3-1-2-4-9(8)7-10/h1-2,4-8H,3H2. The van der Waals surface area contributed by atoms with Gasteiger partial charge in [-0.05, 0) is 18.1 Å². The zero-order valence-corrected chi connectivity index (χ0v) is 7.71. The molecule has 2 aliphatic carbocycles. The van der Waals surface area contributed by atoms with Crippen LogP contribution in [0.15, 0.2) is 46.5 Å². The van der Waals surface area contributed by atoms with Gasteiger partial charge in [0.2, 0.25) is 0 Å². The summed E-state index contributed by atoms with van der Waals surface area (Å²) in [5.41, 5.74) is 1.42.